The van der Waals surface area contributed by atoms with Crippen molar-refractivity contribution in [3.63, 3.8) is 0 Å². The zero-order valence-electron chi connectivity index (χ0n) is 13.2. The van der Waals surface area contributed by atoms with Gasteiger partial charge in [-0.3, -0.25) is 10.1 Å². The molecule has 21 heavy (non-hydrogen) atoms. The van der Waals surface area contributed by atoms with Gasteiger partial charge in [0.05, 0.1) is 19.9 Å². The number of hydrogen-bond donors (Lipinski definition) is 1. The summed E-state index contributed by atoms with van der Waals surface area (Å²) in [5.41, 5.74) is 0.730. The standard InChI is InChI=1S/C15H21NO5/c1-9-10(8-17)7-11(13(20-6)12(9)19-5)16-14(18)21-15(2,3)4/h7-8H,1-6H3,(H,16,18). The van der Waals surface area contributed by atoms with Crippen LogP contribution in [0.1, 0.15) is 36.7 Å². The topological polar surface area (TPSA) is 73.9 Å². The van der Waals surface area contributed by atoms with Crippen molar-refractivity contribution in [1.82, 2.24) is 0 Å². The Morgan fingerprint density at radius 3 is 2.19 bits per heavy atom. The molecular weight excluding hydrogens is 274 g/mol. The number of rotatable bonds is 4. The molecule has 1 amide bonds. The lowest BCUT2D eigenvalue weighted by atomic mass is 10.1. The second kappa shape index (κ2) is 6.47. The number of benzene rings is 1. The van der Waals surface area contributed by atoms with Crippen molar-refractivity contribution in [3.8, 4) is 11.5 Å². The van der Waals surface area contributed by atoms with Crippen LogP contribution in [-0.4, -0.2) is 32.2 Å². The number of hydrogen-bond acceptors (Lipinski definition) is 5. The van der Waals surface area contributed by atoms with Crippen LogP contribution >= 0.6 is 0 Å². The molecule has 0 aromatic heterocycles. The maximum absolute atomic E-state index is 11.9. The third-order valence-corrected chi connectivity index (χ3v) is 2.70. The van der Waals surface area contributed by atoms with Crippen molar-refractivity contribution < 1.29 is 23.8 Å². The highest BCUT2D eigenvalue weighted by atomic mass is 16.6. The van der Waals surface area contributed by atoms with Gasteiger partial charge in [0, 0.05) is 11.1 Å². The molecule has 0 fully saturated rings. The van der Waals surface area contributed by atoms with Crippen LogP contribution in [-0.2, 0) is 4.74 Å². The van der Waals surface area contributed by atoms with Gasteiger partial charge in [-0.2, -0.15) is 0 Å². The largest absolute Gasteiger partial charge is 0.492 e. The predicted octanol–water partition coefficient (Wildman–Crippen LogP) is 3.17. The van der Waals surface area contributed by atoms with Gasteiger partial charge < -0.3 is 14.2 Å². The van der Waals surface area contributed by atoms with Gasteiger partial charge in [-0.15, -0.1) is 0 Å². The van der Waals surface area contributed by atoms with Crippen molar-refractivity contribution >= 4 is 18.1 Å². The smallest absolute Gasteiger partial charge is 0.412 e. The van der Waals surface area contributed by atoms with E-state index in [4.69, 9.17) is 14.2 Å². The Morgan fingerprint density at radius 2 is 1.76 bits per heavy atom. The fraction of sp³-hybridized carbons (Fsp3) is 0.467. The van der Waals surface area contributed by atoms with E-state index in [1.807, 2.05) is 0 Å². The second-order valence-electron chi connectivity index (χ2n) is 5.45. The van der Waals surface area contributed by atoms with E-state index in [2.05, 4.69) is 5.32 Å². The van der Waals surface area contributed by atoms with Gasteiger partial charge in [-0.1, -0.05) is 0 Å². The number of anilines is 1. The number of carbonyl (C=O) groups excluding carboxylic acids is 2. The van der Waals surface area contributed by atoms with Gasteiger partial charge in [-0.05, 0) is 33.8 Å². The molecule has 0 aliphatic rings. The molecule has 0 spiro atoms. The average Bonchev–Trinajstić information content (AvgIpc) is 2.37. The summed E-state index contributed by atoms with van der Waals surface area (Å²) < 4.78 is 15.7. The first-order valence-electron chi connectivity index (χ1n) is 6.44. The van der Waals surface area contributed by atoms with Crippen molar-refractivity contribution in [2.24, 2.45) is 0 Å². The molecule has 0 radical (unpaired) electrons. The van der Waals surface area contributed by atoms with Crippen LogP contribution in [0.4, 0.5) is 10.5 Å². The number of amides is 1. The summed E-state index contributed by atoms with van der Waals surface area (Å²) in [5.74, 6) is 0.736. The van der Waals surface area contributed by atoms with E-state index in [1.54, 1.807) is 27.7 Å². The number of methoxy groups -OCH3 is 2. The third kappa shape index (κ3) is 4.11. The Bertz CT molecular complexity index is 546. The lowest BCUT2D eigenvalue weighted by molar-refractivity contribution is 0.0635. The molecule has 6 heteroatoms. The van der Waals surface area contributed by atoms with E-state index in [9.17, 15) is 9.59 Å². The molecule has 0 aliphatic carbocycles. The van der Waals surface area contributed by atoms with E-state index in [0.29, 0.717) is 34.6 Å². The normalized spacial score (nSPS) is 10.8. The summed E-state index contributed by atoms with van der Waals surface area (Å²) in [7, 11) is 2.93. The van der Waals surface area contributed by atoms with Crippen LogP contribution in [0.2, 0.25) is 0 Å². The van der Waals surface area contributed by atoms with Crippen molar-refractivity contribution in [1.29, 1.82) is 0 Å². The Morgan fingerprint density at radius 1 is 1.19 bits per heavy atom. The third-order valence-electron chi connectivity index (χ3n) is 2.70. The Balaban J connectivity index is 3.22. The van der Waals surface area contributed by atoms with Crippen molar-refractivity contribution in [2.75, 3.05) is 19.5 Å². The number of ether oxygens (including phenoxy) is 3. The van der Waals surface area contributed by atoms with Crippen molar-refractivity contribution in [3.05, 3.63) is 17.2 Å². The maximum Gasteiger partial charge on any atom is 0.412 e. The summed E-state index contributed by atoms with van der Waals surface area (Å²) in [6.07, 6.45) is 0.0564. The van der Waals surface area contributed by atoms with E-state index in [0.717, 1.165) is 0 Å². The highest BCUT2D eigenvalue weighted by Gasteiger charge is 2.21. The minimum atomic E-state index is -0.636. The fourth-order valence-electron chi connectivity index (χ4n) is 1.83. The van der Waals surface area contributed by atoms with E-state index < -0.39 is 11.7 Å². The van der Waals surface area contributed by atoms with Gasteiger partial charge in [0.15, 0.2) is 17.8 Å². The first kappa shape index (κ1) is 16.8. The van der Waals surface area contributed by atoms with Gasteiger partial charge in [0.1, 0.15) is 5.60 Å². The molecule has 0 saturated carbocycles. The van der Waals surface area contributed by atoms with Crippen LogP contribution < -0.4 is 14.8 Å². The van der Waals surface area contributed by atoms with Crippen molar-refractivity contribution in [2.45, 2.75) is 33.3 Å². The minimum absolute atomic E-state index is 0.316. The number of carbonyl (C=O) groups is 2. The van der Waals surface area contributed by atoms with E-state index in [1.165, 1.54) is 20.3 Å². The minimum Gasteiger partial charge on any atom is -0.492 e. The highest BCUT2D eigenvalue weighted by molar-refractivity contribution is 5.92. The number of aldehydes is 1. The van der Waals surface area contributed by atoms with Crippen LogP contribution in [0.3, 0.4) is 0 Å². The van der Waals surface area contributed by atoms with Gasteiger partial charge >= 0.3 is 6.09 Å². The first-order valence-corrected chi connectivity index (χ1v) is 6.44. The molecule has 0 heterocycles. The molecule has 0 aliphatic heterocycles. The Kier molecular flexibility index (Phi) is 5.18. The predicted molar refractivity (Wildman–Crippen MR) is 79.5 cm³/mol. The van der Waals surface area contributed by atoms with Crippen LogP contribution in [0.25, 0.3) is 0 Å². The quantitative estimate of drug-likeness (QED) is 0.864. The average molecular weight is 295 g/mol. The van der Waals surface area contributed by atoms with Crippen LogP contribution in [0.5, 0.6) is 11.5 Å². The summed E-state index contributed by atoms with van der Waals surface area (Å²) in [6.45, 7) is 7.02. The lowest BCUT2D eigenvalue weighted by Gasteiger charge is -2.21. The molecule has 0 saturated heterocycles. The number of nitrogens with one attached hydrogen (secondary N) is 1. The monoisotopic (exact) mass is 295 g/mol. The Hall–Kier alpha value is -2.24. The highest BCUT2D eigenvalue weighted by Crippen LogP contribution is 2.39. The first-order chi connectivity index (χ1) is 9.73. The summed E-state index contributed by atoms with van der Waals surface area (Å²) in [4.78, 5) is 23.0. The molecular formula is C15H21NO5. The molecule has 1 aromatic carbocycles. The summed E-state index contributed by atoms with van der Waals surface area (Å²) >= 11 is 0. The van der Waals surface area contributed by atoms with E-state index in [-0.39, 0.29) is 0 Å². The van der Waals surface area contributed by atoms with Gasteiger partial charge in [0.2, 0.25) is 0 Å². The molecule has 6 nitrogen and oxygen atoms in total. The SMILES string of the molecule is COc1c(NC(=O)OC(C)(C)C)cc(C=O)c(C)c1OC. The zero-order valence-corrected chi connectivity index (χ0v) is 13.2. The molecule has 1 N–H and O–H groups in total. The molecule has 1 aromatic rings. The zero-order chi connectivity index (χ0) is 16.2. The van der Waals surface area contributed by atoms with Crippen LogP contribution in [0, 0.1) is 6.92 Å². The molecule has 1 rings (SSSR count). The second-order valence-corrected chi connectivity index (χ2v) is 5.45. The fourth-order valence-corrected chi connectivity index (χ4v) is 1.83. The van der Waals surface area contributed by atoms with E-state index >= 15 is 0 Å². The maximum atomic E-state index is 11.9. The molecule has 116 valence electrons. The lowest BCUT2D eigenvalue weighted by Crippen LogP contribution is -2.27. The molecule has 0 atom stereocenters. The van der Waals surface area contributed by atoms with Crippen LogP contribution in [0.15, 0.2) is 6.07 Å². The molecule has 0 unspecified atom stereocenters. The summed E-state index contributed by atoms with van der Waals surface area (Å²) in [6, 6.07) is 1.52. The molecule has 0 bridgehead atoms. The summed E-state index contributed by atoms with van der Waals surface area (Å²) in [5, 5.41) is 2.57. The van der Waals surface area contributed by atoms with Gasteiger partial charge in [0.25, 0.3) is 0 Å². The van der Waals surface area contributed by atoms with Gasteiger partial charge in [-0.25, -0.2) is 4.79 Å². The Labute approximate surface area is 124 Å².